The Morgan fingerprint density at radius 1 is 1.28 bits per heavy atom. The van der Waals surface area contributed by atoms with Crippen molar-refractivity contribution in [1.82, 2.24) is 4.90 Å². The summed E-state index contributed by atoms with van der Waals surface area (Å²) in [5.41, 5.74) is 5.92. The van der Waals surface area contributed by atoms with E-state index in [1.165, 1.54) is 13.0 Å². The van der Waals surface area contributed by atoms with Crippen molar-refractivity contribution in [2.75, 3.05) is 32.8 Å². The third kappa shape index (κ3) is 5.25. The third-order valence-electron chi connectivity index (χ3n) is 4.05. The number of hydrogen-bond donors (Lipinski definition) is 1. The lowest BCUT2D eigenvalue weighted by atomic mass is 9.85. The molecule has 3 nitrogen and oxygen atoms in total. The monoisotopic (exact) mass is 256 g/mol. The number of hydrogen-bond acceptors (Lipinski definition) is 3. The van der Waals surface area contributed by atoms with Crippen LogP contribution >= 0.6 is 0 Å². The zero-order valence-electron chi connectivity index (χ0n) is 12.7. The number of likely N-dealkylation sites (tertiary alicyclic amines) is 1. The summed E-state index contributed by atoms with van der Waals surface area (Å²) in [5, 5.41) is 0. The van der Waals surface area contributed by atoms with Crippen LogP contribution in [0.2, 0.25) is 0 Å². The van der Waals surface area contributed by atoms with Crippen molar-refractivity contribution in [3.63, 3.8) is 0 Å². The molecule has 1 rings (SSSR count). The minimum absolute atomic E-state index is 0.551. The summed E-state index contributed by atoms with van der Waals surface area (Å²) in [6.07, 6.45) is 2.47. The standard InChI is InChI=1S/C15H32N2O/c1-12(2)5-7-18-8-6-17-11-13(3)9-14(4)15(17)10-16/h12-15H,5-11,16H2,1-4H3. The molecule has 108 valence electrons. The highest BCUT2D eigenvalue weighted by molar-refractivity contribution is 4.85. The van der Waals surface area contributed by atoms with Crippen molar-refractivity contribution in [3.05, 3.63) is 0 Å². The molecule has 0 saturated carbocycles. The second-order valence-corrected chi connectivity index (χ2v) is 6.41. The Bertz CT molecular complexity index is 221. The van der Waals surface area contributed by atoms with Crippen molar-refractivity contribution >= 4 is 0 Å². The molecular weight excluding hydrogens is 224 g/mol. The predicted molar refractivity (Wildman–Crippen MR) is 77.6 cm³/mol. The molecule has 0 radical (unpaired) electrons. The van der Waals surface area contributed by atoms with Crippen LogP contribution in [0.15, 0.2) is 0 Å². The van der Waals surface area contributed by atoms with Crippen LogP contribution in [0.1, 0.15) is 40.5 Å². The van der Waals surface area contributed by atoms with E-state index in [-0.39, 0.29) is 0 Å². The maximum Gasteiger partial charge on any atom is 0.0593 e. The highest BCUT2D eigenvalue weighted by atomic mass is 16.5. The van der Waals surface area contributed by atoms with Crippen LogP contribution in [0.5, 0.6) is 0 Å². The summed E-state index contributed by atoms with van der Waals surface area (Å²) in [4.78, 5) is 2.54. The summed E-state index contributed by atoms with van der Waals surface area (Å²) >= 11 is 0. The molecule has 0 spiro atoms. The van der Waals surface area contributed by atoms with Crippen molar-refractivity contribution in [1.29, 1.82) is 0 Å². The molecule has 0 aliphatic carbocycles. The van der Waals surface area contributed by atoms with Gasteiger partial charge in [0.15, 0.2) is 0 Å². The first-order valence-electron chi connectivity index (χ1n) is 7.56. The van der Waals surface area contributed by atoms with E-state index in [4.69, 9.17) is 10.5 Å². The lowest BCUT2D eigenvalue weighted by molar-refractivity contribution is 0.0340. The van der Waals surface area contributed by atoms with Gasteiger partial charge in [-0.3, -0.25) is 4.90 Å². The molecule has 0 amide bonds. The van der Waals surface area contributed by atoms with Gasteiger partial charge >= 0.3 is 0 Å². The molecule has 0 aromatic rings. The molecule has 0 bridgehead atoms. The second kappa shape index (κ2) is 8.13. The van der Waals surface area contributed by atoms with Gasteiger partial charge in [-0.15, -0.1) is 0 Å². The van der Waals surface area contributed by atoms with Crippen molar-refractivity contribution < 1.29 is 4.74 Å². The smallest absolute Gasteiger partial charge is 0.0593 e. The number of rotatable bonds is 7. The number of piperidine rings is 1. The number of nitrogens with two attached hydrogens (primary N) is 1. The van der Waals surface area contributed by atoms with Crippen molar-refractivity contribution in [3.8, 4) is 0 Å². The summed E-state index contributed by atoms with van der Waals surface area (Å²) in [6, 6.07) is 0.551. The number of nitrogens with zero attached hydrogens (tertiary/aromatic N) is 1. The SMILES string of the molecule is CC(C)CCOCCN1CC(C)CC(C)C1CN. The maximum absolute atomic E-state index is 5.92. The Balaban J connectivity index is 2.25. The van der Waals surface area contributed by atoms with Gasteiger partial charge in [0.25, 0.3) is 0 Å². The first-order valence-corrected chi connectivity index (χ1v) is 7.56. The normalized spacial score (nSPS) is 30.0. The Labute approximate surface area is 113 Å². The van der Waals surface area contributed by atoms with E-state index in [1.807, 2.05) is 0 Å². The van der Waals surface area contributed by atoms with Gasteiger partial charge in [-0.05, 0) is 30.6 Å². The Morgan fingerprint density at radius 3 is 2.61 bits per heavy atom. The third-order valence-corrected chi connectivity index (χ3v) is 4.05. The van der Waals surface area contributed by atoms with E-state index >= 15 is 0 Å². The summed E-state index contributed by atoms with van der Waals surface area (Å²) in [6.45, 7) is 13.9. The quantitative estimate of drug-likeness (QED) is 0.711. The summed E-state index contributed by atoms with van der Waals surface area (Å²) in [5.74, 6) is 2.24. The lowest BCUT2D eigenvalue weighted by Gasteiger charge is -2.42. The average molecular weight is 256 g/mol. The fourth-order valence-electron chi connectivity index (χ4n) is 3.00. The minimum atomic E-state index is 0.551. The zero-order valence-corrected chi connectivity index (χ0v) is 12.7. The van der Waals surface area contributed by atoms with Gasteiger partial charge in [0, 0.05) is 32.3 Å². The maximum atomic E-state index is 5.92. The van der Waals surface area contributed by atoms with Gasteiger partial charge in [0.1, 0.15) is 0 Å². The van der Waals surface area contributed by atoms with E-state index in [1.54, 1.807) is 0 Å². The van der Waals surface area contributed by atoms with Gasteiger partial charge < -0.3 is 10.5 Å². The molecule has 2 N–H and O–H groups in total. The van der Waals surface area contributed by atoms with Crippen LogP contribution in [0.3, 0.4) is 0 Å². The Hall–Kier alpha value is -0.120. The van der Waals surface area contributed by atoms with E-state index in [2.05, 4.69) is 32.6 Å². The molecule has 0 aromatic carbocycles. The van der Waals surface area contributed by atoms with Crippen LogP contribution in [-0.2, 0) is 4.74 Å². The molecule has 3 unspecified atom stereocenters. The molecule has 3 heteroatoms. The topological polar surface area (TPSA) is 38.5 Å². The molecule has 1 saturated heterocycles. The first-order chi connectivity index (χ1) is 8.54. The first kappa shape index (κ1) is 15.9. The summed E-state index contributed by atoms with van der Waals surface area (Å²) < 4.78 is 5.73. The van der Waals surface area contributed by atoms with Crippen LogP contribution in [0, 0.1) is 17.8 Å². The summed E-state index contributed by atoms with van der Waals surface area (Å²) in [7, 11) is 0. The highest BCUT2D eigenvalue weighted by Gasteiger charge is 2.30. The van der Waals surface area contributed by atoms with Gasteiger partial charge in [0.2, 0.25) is 0 Å². The van der Waals surface area contributed by atoms with Crippen LogP contribution in [0.25, 0.3) is 0 Å². The van der Waals surface area contributed by atoms with Crippen LogP contribution in [-0.4, -0.2) is 43.8 Å². The fourth-order valence-corrected chi connectivity index (χ4v) is 3.00. The fraction of sp³-hybridized carbons (Fsp3) is 1.00. The lowest BCUT2D eigenvalue weighted by Crippen LogP contribution is -2.52. The van der Waals surface area contributed by atoms with E-state index < -0.39 is 0 Å². The van der Waals surface area contributed by atoms with Gasteiger partial charge in [-0.1, -0.05) is 27.7 Å². The van der Waals surface area contributed by atoms with Gasteiger partial charge in [-0.2, -0.15) is 0 Å². The molecule has 0 aromatic heterocycles. The Morgan fingerprint density at radius 2 is 2.00 bits per heavy atom. The van der Waals surface area contributed by atoms with Crippen LogP contribution < -0.4 is 5.73 Å². The molecule has 1 fully saturated rings. The van der Waals surface area contributed by atoms with E-state index in [0.29, 0.717) is 6.04 Å². The number of ether oxygens (including phenoxy) is 1. The average Bonchev–Trinajstić information content (AvgIpc) is 2.27. The molecular formula is C15H32N2O. The molecule has 3 atom stereocenters. The minimum Gasteiger partial charge on any atom is -0.380 e. The zero-order chi connectivity index (χ0) is 13.5. The molecule has 18 heavy (non-hydrogen) atoms. The highest BCUT2D eigenvalue weighted by Crippen LogP contribution is 2.26. The predicted octanol–water partition coefficient (Wildman–Crippen LogP) is 2.35. The van der Waals surface area contributed by atoms with Crippen molar-refractivity contribution in [2.45, 2.75) is 46.6 Å². The van der Waals surface area contributed by atoms with Crippen molar-refractivity contribution in [2.24, 2.45) is 23.5 Å². The largest absolute Gasteiger partial charge is 0.380 e. The van der Waals surface area contributed by atoms with Gasteiger partial charge in [-0.25, -0.2) is 0 Å². The van der Waals surface area contributed by atoms with Crippen LogP contribution in [0.4, 0.5) is 0 Å². The second-order valence-electron chi connectivity index (χ2n) is 6.41. The van der Waals surface area contributed by atoms with E-state index in [9.17, 15) is 0 Å². The molecule has 1 aliphatic heterocycles. The van der Waals surface area contributed by atoms with E-state index in [0.717, 1.165) is 50.5 Å². The Kier molecular flexibility index (Phi) is 7.20. The molecule has 1 aliphatic rings. The van der Waals surface area contributed by atoms with Gasteiger partial charge in [0.05, 0.1) is 6.61 Å². The molecule has 1 heterocycles.